The summed E-state index contributed by atoms with van der Waals surface area (Å²) in [6.45, 7) is 0.550. The maximum absolute atomic E-state index is 10.9. The van der Waals surface area contributed by atoms with E-state index in [0.717, 1.165) is 11.9 Å². The molecule has 1 aliphatic heterocycles. The molecule has 2 rings (SSSR count). The summed E-state index contributed by atoms with van der Waals surface area (Å²) in [6, 6.07) is 5.30. The Bertz CT molecular complexity index is 546. The topological polar surface area (TPSA) is 55.8 Å². The van der Waals surface area contributed by atoms with Crippen LogP contribution in [0.5, 0.6) is 5.75 Å². The molecule has 1 unspecified atom stereocenters. The molecule has 0 bridgehead atoms. The van der Waals surface area contributed by atoms with Gasteiger partial charge in [-0.15, -0.1) is 0 Å². The van der Waals surface area contributed by atoms with Gasteiger partial charge in [0.2, 0.25) is 0 Å². The quantitative estimate of drug-likeness (QED) is 0.790. The van der Waals surface area contributed by atoms with E-state index >= 15 is 0 Å². The lowest BCUT2D eigenvalue weighted by Gasteiger charge is -2.33. The summed E-state index contributed by atoms with van der Waals surface area (Å²) in [6.07, 6.45) is 0.700. The molecule has 0 aliphatic carbocycles. The highest BCUT2D eigenvalue weighted by atomic mass is 35.5. The molecule has 1 heterocycles. The lowest BCUT2D eigenvalue weighted by Crippen LogP contribution is -2.40. The van der Waals surface area contributed by atoms with Gasteiger partial charge in [-0.1, -0.05) is 11.6 Å². The monoisotopic (exact) mass is 291 g/mol. The second-order valence-corrected chi connectivity index (χ2v) is 6.30. The fourth-order valence-corrected chi connectivity index (χ4v) is 2.36. The average Bonchev–Trinajstić information content (AvgIpc) is 2.26. The fourth-order valence-electron chi connectivity index (χ4n) is 1.80. The van der Waals surface area contributed by atoms with Crippen molar-refractivity contribution in [2.75, 3.05) is 31.4 Å². The zero-order valence-corrected chi connectivity index (χ0v) is 11.7. The van der Waals surface area contributed by atoms with Crippen molar-refractivity contribution in [3.8, 4) is 5.75 Å². The van der Waals surface area contributed by atoms with Crippen molar-refractivity contribution in [2.45, 2.75) is 6.10 Å². The van der Waals surface area contributed by atoms with Crippen LogP contribution in [0.25, 0.3) is 0 Å². The van der Waals surface area contributed by atoms with Gasteiger partial charge in [0.25, 0.3) is 10.1 Å². The van der Waals surface area contributed by atoms with Crippen LogP contribution in [0.1, 0.15) is 0 Å². The lowest BCUT2D eigenvalue weighted by atomic mass is 10.2. The summed E-state index contributed by atoms with van der Waals surface area (Å²) in [5.74, 6) is 0.676. The second kappa shape index (κ2) is 4.95. The summed E-state index contributed by atoms with van der Waals surface area (Å²) in [5, 5.41) is 0.634. The van der Waals surface area contributed by atoms with Crippen molar-refractivity contribution in [2.24, 2.45) is 0 Å². The molecule has 0 saturated carbocycles. The maximum Gasteiger partial charge on any atom is 0.264 e. The summed E-state index contributed by atoms with van der Waals surface area (Å²) < 4.78 is 32.3. The molecule has 0 fully saturated rings. The van der Waals surface area contributed by atoms with E-state index in [-0.39, 0.29) is 12.7 Å². The molecular weight excluding hydrogens is 278 g/mol. The summed E-state index contributed by atoms with van der Waals surface area (Å²) >= 11 is 5.91. The van der Waals surface area contributed by atoms with E-state index in [1.165, 1.54) is 0 Å². The van der Waals surface area contributed by atoms with E-state index in [1.807, 2.05) is 18.0 Å². The first-order valence-corrected chi connectivity index (χ1v) is 7.56. The lowest BCUT2D eigenvalue weighted by molar-refractivity contribution is 0.130. The third-order valence-electron chi connectivity index (χ3n) is 2.57. The first-order chi connectivity index (χ1) is 8.35. The average molecular weight is 292 g/mol. The van der Waals surface area contributed by atoms with Crippen LogP contribution in [-0.4, -0.2) is 41.0 Å². The molecule has 5 nitrogen and oxygen atoms in total. The van der Waals surface area contributed by atoms with Gasteiger partial charge in [0.05, 0.1) is 18.5 Å². The van der Waals surface area contributed by atoms with E-state index in [0.29, 0.717) is 17.3 Å². The molecule has 18 heavy (non-hydrogen) atoms. The van der Waals surface area contributed by atoms with E-state index < -0.39 is 10.1 Å². The molecule has 1 aromatic rings. The molecule has 1 aromatic carbocycles. The predicted octanol–water partition coefficient (Wildman–Crippen LogP) is 1.51. The largest absolute Gasteiger partial charge is 0.484 e. The minimum absolute atomic E-state index is 0.00520. The van der Waals surface area contributed by atoms with Gasteiger partial charge in [-0.3, -0.25) is 4.18 Å². The third-order valence-corrected chi connectivity index (χ3v) is 3.37. The molecule has 0 N–H and O–H groups in total. The standard InChI is InChI=1S/C11H14ClNO4S/c1-13-6-9(7-16-18(2,14)15)17-11-4-3-8(12)5-10(11)13/h3-5,9H,6-7H2,1-2H3. The molecule has 0 amide bonds. The molecular formula is C11H14ClNO4S. The Hall–Kier alpha value is -0.980. The Morgan fingerprint density at radius 1 is 1.56 bits per heavy atom. The van der Waals surface area contributed by atoms with Gasteiger partial charge in [0, 0.05) is 12.1 Å². The molecule has 7 heteroatoms. The van der Waals surface area contributed by atoms with E-state index in [2.05, 4.69) is 0 Å². The van der Waals surface area contributed by atoms with Crippen LogP contribution in [0.4, 0.5) is 5.69 Å². The van der Waals surface area contributed by atoms with Gasteiger partial charge in [0.1, 0.15) is 18.5 Å². The minimum atomic E-state index is -3.44. The second-order valence-electron chi connectivity index (χ2n) is 4.22. The van der Waals surface area contributed by atoms with Gasteiger partial charge < -0.3 is 9.64 Å². The van der Waals surface area contributed by atoms with Crippen molar-refractivity contribution in [3.63, 3.8) is 0 Å². The first-order valence-electron chi connectivity index (χ1n) is 5.37. The summed E-state index contributed by atoms with van der Waals surface area (Å²) in [5.41, 5.74) is 0.887. The van der Waals surface area contributed by atoms with Crippen LogP contribution in [0, 0.1) is 0 Å². The van der Waals surface area contributed by atoms with Crippen LogP contribution in [0.3, 0.4) is 0 Å². The fraction of sp³-hybridized carbons (Fsp3) is 0.455. The smallest absolute Gasteiger partial charge is 0.264 e. The molecule has 1 aliphatic rings. The van der Waals surface area contributed by atoms with Crippen molar-refractivity contribution < 1.29 is 17.3 Å². The number of anilines is 1. The third kappa shape index (κ3) is 3.28. The molecule has 0 saturated heterocycles. The van der Waals surface area contributed by atoms with Gasteiger partial charge in [-0.25, -0.2) is 0 Å². The molecule has 0 radical (unpaired) electrons. The van der Waals surface area contributed by atoms with Crippen molar-refractivity contribution in [1.82, 2.24) is 0 Å². The highest BCUT2D eigenvalue weighted by molar-refractivity contribution is 7.85. The zero-order chi connectivity index (χ0) is 13.3. The SMILES string of the molecule is CN1CC(COS(C)(=O)=O)Oc2ccc(Cl)cc21. The van der Waals surface area contributed by atoms with Crippen LogP contribution in [-0.2, 0) is 14.3 Å². The molecule has 0 aromatic heterocycles. The van der Waals surface area contributed by atoms with E-state index in [4.69, 9.17) is 20.5 Å². The van der Waals surface area contributed by atoms with Crippen molar-refractivity contribution in [3.05, 3.63) is 23.2 Å². The van der Waals surface area contributed by atoms with Gasteiger partial charge in [-0.2, -0.15) is 8.42 Å². The summed E-state index contributed by atoms with van der Waals surface area (Å²) in [7, 11) is -1.55. The van der Waals surface area contributed by atoms with Crippen LogP contribution < -0.4 is 9.64 Å². The Morgan fingerprint density at radius 2 is 2.28 bits per heavy atom. The van der Waals surface area contributed by atoms with Crippen molar-refractivity contribution >= 4 is 27.4 Å². The van der Waals surface area contributed by atoms with Crippen LogP contribution in [0.2, 0.25) is 5.02 Å². The molecule has 0 spiro atoms. The number of ether oxygens (including phenoxy) is 1. The number of nitrogens with zero attached hydrogens (tertiary/aromatic N) is 1. The normalized spacial score (nSPS) is 19.3. The first kappa shape index (κ1) is 13.5. The number of halogens is 1. The number of fused-ring (bicyclic) bond motifs is 1. The van der Waals surface area contributed by atoms with E-state index in [1.54, 1.807) is 12.1 Å². The van der Waals surface area contributed by atoms with Gasteiger partial charge >= 0.3 is 0 Å². The Balaban J connectivity index is 2.11. The van der Waals surface area contributed by atoms with Gasteiger partial charge in [-0.05, 0) is 18.2 Å². The number of hydrogen-bond donors (Lipinski definition) is 0. The number of hydrogen-bond acceptors (Lipinski definition) is 5. The summed E-state index contributed by atoms with van der Waals surface area (Å²) in [4.78, 5) is 1.96. The van der Waals surface area contributed by atoms with Gasteiger partial charge in [0.15, 0.2) is 0 Å². The van der Waals surface area contributed by atoms with Crippen LogP contribution >= 0.6 is 11.6 Å². The zero-order valence-electron chi connectivity index (χ0n) is 10.1. The maximum atomic E-state index is 10.9. The Labute approximate surface area is 111 Å². The van der Waals surface area contributed by atoms with E-state index in [9.17, 15) is 8.42 Å². The molecule has 1 atom stereocenters. The minimum Gasteiger partial charge on any atom is -0.484 e. The van der Waals surface area contributed by atoms with Crippen LogP contribution in [0.15, 0.2) is 18.2 Å². The molecule has 100 valence electrons. The highest BCUT2D eigenvalue weighted by Gasteiger charge is 2.24. The Morgan fingerprint density at radius 3 is 2.94 bits per heavy atom. The number of rotatable bonds is 3. The predicted molar refractivity (Wildman–Crippen MR) is 69.9 cm³/mol. The number of likely N-dealkylation sites (N-methyl/N-ethyl adjacent to an activating group) is 1. The number of benzene rings is 1. The van der Waals surface area contributed by atoms with Crippen molar-refractivity contribution in [1.29, 1.82) is 0 Å². The highest BCUT2D eigenvalue weighted by Crippen LogP contribution is 2.34. The Kier molecular flexibility index (Phi) is 3.70.